The number of halogens is 2. The van der Waals surface area contributed by atoms with Crippen molar-refractivity contribution in [2.75, 3.05) is 53.5 Å². The van der Waals surface area contributed by atoms with Crippen LogP contribution >= 0.6 is 23.2 Å². The molecule has 23 nitrogen and oxygen atoms in total. The number of Topliss-reactive ketones (excluding diaryl/α,β-unsaturated/α-hetero) is 5. The van der Waals surface area contributed by atoms with E-state index in [1.807, 2.05) is 56.3 Å². The van der Waals surface area contributed by atoms with Crippen molar-refractivity contribution in [3.8, 4) is 11.5 Å². The maximum Gasteiger partial charge on any atom is 0.411 e. The van der Waals surface area contributed by atoms with Crippen LogP contribution in [0.5, 0.6) is 11.5 Å². The fourth-order valence-electron chi connectivity index (χ4n) is 16.4. The van der Waals surface area contributed by atoms with Gasteiger partial charge in [-0.3, -0.25) is 48.5 Å². The van der Waals surface area contributed by atoms with Crippen LogP contribution in [0.15, 0.2) is 102 Å². The second-order valence-corrected chi connectivity index (χ2v) is 37.2. The lowest BCUT2D eigenvalue weighted by Crippen LogP contribution is -2.32. The molecule has 5 amide bonds. The third kappa shape index (κ3) is 41.5. The molecule has 5 unspecified atom stereocenters. The molecule has 5 atom stereocenters. The van der Waals surface area contributed by atoms with Crippen LogP contribution in [-0.2, 0) is 69.1 Å². The van der Waals surface area contributed by atoms with Gasteiger partial charge in [-0.15, -0.1) is 0 Å². The summed E-state index contributed by atoms with van der Waals surface area (Å²) in [6.45, 7) is 11.9. The Morgan fingerprint density at radius 1 is 0.383 bits per heavy atom. The van der Waals surface area contributed by atoms with Gasteiger partial charge in [-0.25, -0.2) is 23.1 Å². The van der Waals surface area contributed by atoms with Gasteiger partial charge in [-0.05, 0) is 193 Å². The molecule has 5 aromatic carbocycles. The molecule has 0 spiro atoms. The van der Waals surface area contributed by atoms with Crippen LogP contribution in [0, 0.1) is 43.4 Å². The Hall–Kier alpha value is -8.84. The number of nitrogens with two attached hydrogens (primary N) is 1. The Bertz CT molecular complexity index is 4420. The molecule has 0 aliphatic heterocycles. The minimum atomic E-state index is -3.93. The SMILES string of the molecule is CCCCCCCCCCCCOC(=O)Nc1ccc(CC2CCCC2=O)cc1.CCCCCCCCCCCCOC(=O)c1ccc(Cl)c(NC(=O)C2CCCC2=O)c1.CCCCCCCCCCCCOc1ccc(S(N)(=O)=O)cc1NC(=O)C1CCCCC1=O.COc1ccc(C)cc1NC(=O)C1CCCC1=O.Cc1ccc(Cl)c(NC(=O)C2CCCC2=O)c1. The number of methoxy groups -OCH3 is 1. The van der Waals surface area contributed by atoms with Crippen LogP contribution in [0.1, 0.15) is 343 Å². The van der Waals surface area contributed by atoms with Gasteiger partial charge in [0, 0.05) is 43.7 Å². The van der Waals surface area contributed by atoms with Gasteiger partial charge in [0.1, 0.15) is 40.4 Å². The largest absolute Gasteiger partial charge is 0.495 e. The Labute approximate surface area is 772 Å². The molecule has 0 saturated heterocycles. The van der Waals surface area contributed by atoms with E-state index >= 15 is 0 Å². The minimum Gasteiger partial charge on any atom is -0.495 e. The molecule has 7 N–H and O–H groups in total. The summed E-state index contributed by atoms with van der Waals surface area (Å²) < 4.78 is 45.2. The smallest absolute Gasteiger partial charge is 0.411 e. The summed E-state index contributed by atoms with van der Waals surface area (Å²) in [5.41, 5.74) is 6.04. The van der Waals surface area contributed by atoms with Crippen molar-refractivity contribution in [1.82, 2.24) is 0 Å². The molecule has 5 fully saturated rings. The van der Waals surface area contributed by atoms with E-state index in [0.717, 1.165) is 125 Å². The summed E-state index contributed by atoms with van der Waals surface area (Å²) in [5, 5.41) is 19.8. The monoisotopic (exact) mass is 1830 g/mol. The number of ether oxygens (including phenoxy) is 4. The first kappa shape index (κ1) is 108. The number of amides is 5. The maximum atomic E-state index is 12.7. The van der Waals surface area contributed by atoms with Crippen molar-refractivity contribution in [2.45, 2.75) is 341 Å². The molecular weight excluding hydrogens is 1680 g/mol. The molecule has 0 radical (unpaired) electrons. The second-order valence-electron chi connectivity index (χ2n) is 34.8. The number of hydrogen-bond donors (Lipinski definition) is 6. The predicted molar refractivity (Wildman–Crippen MR) is 510 cm³/mol. The van der Waals surface area contributed by atoms with Crippen LogP contribution in [0.4, 0.5) is 33.2 Å². The summed E-state index contributed by atoms with van der Waals surface area (Å²) in [7, 11) is -2.38. The van der Waals surface area contributed by atoms with Crippen LogP contribution in [0.2, 0.25) is 10.0 Å². The molecule has 5 aliphatic carbocycles. The van der Waals surface area contributed by atoms with Crippen LogP contribution in [0.3, 0.4) is 0 Å². The summed E-state index contributed by atoms with van der Waals surface area (Å²) >= 11 is 12.1. The van der Waals surface area contributed by atoms with E-state index in [2.05, 4.69) is 47.4 Å². The van der Waals surface area contributed by atoms with Gasteiger partial charge in [0.15, 0.2) is 0 Å². The summed E-state index contributed by atoms with van der Waals surface area (Å²) in [4.78, 5) is 132. The first-order chi connectivity index (χ1) is 61.7. The molecule has 26 heteroatoms. The number of aryl methyl sites for hydroxylation is 2. The van der Waals surface area contributed by atoms with Crippen molar-refractivity contribution >= 4 is 126 Å². The summed E-state index contributed by atoms with van der Waals surface area (Å²) in [6.07, 6.45) is 48.5. The van der Waals surface area contributed by atoms with Gasteiger partial charge in [0.25, 0.3) is 0 Å². The number of hydrogen-bond acceptors (Lipinski definition) is 17. The average Bonchev–Trinajstić information content (AvgIpc) is 1.13. The number of carbonyl (C=O) groups is 11. The molecule has 10 rings (SSSR count). The number of benzene rings is 5. The van der Waals surface area contributed by atoms with Crippen LogP contribution in [-0.4, -0.2) is 100.0 Å². The third-order valence-corrected chi connectivity index (χ3v) is 25.6. The lowest BCUT2D eigenvalue weighted by atomic mass is 9.87. The molecule has 5 aliphatic rings. The number of sulfonamides is 1. The molecule has 128 heavy (non-hydrogen) atoms. The van der Waals surface area contributed by atoms with E-state index in [-0.39, 0.29) is 63.4 Å². The third-order valence-electron chi connectivity index (χ3n) is 24.1. The van der Waals surface area contributed by atoms with Gasteiger partial charge >= 0.3 is 12.1 Å². The van der Waals surface area contributed by atoms with Crippen molar-refractivity contribution < 1.29 is 80.1 Å². The molecular formula is C102H146Cl2N6O17S. The number of ketones is 5. The number of carbonyl (C=O) groups excluding carboxylic acids is 11. The normalized spacial score (nSPS) is 17.0. The molecule has 706 valence electrons. The first-order valence-corrected chi connectivity index (χ1v) is 50.1. The summed E-state index contributed by atoms with van der Waals surface area (Å²) in [5.74, 6) is -2.45. The molecule has 0 heterocycles. The van der Waals surface area contributed by atoms with Crippen molar-refractivity contribution in [2.24, 2.45) is 34.7 Å². The van der Waals surface area contributed by atoms with E-state index in [1.165, 1.54) is 172 Å². The Morgan fingerprint density at radius 3 is 1.17 bits per heavy atom. The number of unbranched alkanes of at least 4 members (excludes halogenated alkanes) is 27. The first-order valence-electron chi connectivity index (χ1n) is 47.8. The highest BCUT2D eigenvalue weighted by Gasteiger charge is 2.35. The quantitative estimate of drug-likeness (QED) is 0.0120. The number of anilines is 5. The lowest BCUT2D eigenvalue weighted by Gasteiger charge is -2.21. The van der Waals surface area contributed by atoms with Crippen LogP contribution in [0.25, 0.3) is 0 Å². The van der Waals surface area contributed by atoms with E-state index in [4.69, 9.17) is 47.3 Å². The van der Waals surface area contributed by atoms with E-state index in [0.29, 0.717) is 121 Å². The van der Waals surface area contributed by atoms with Crippen molar-refractivity contribution in [1.29, 1.82) is 0 Å². The fraction of sp³-hybridized carbons (Fsp3) is 0.598. The zero-order valence-corrected chi connectivity index (χ0v) is 79.5. The molecule has 0 bridgehead atoms. The predicted octanol–water partition coefficient (Wildman–Crippen LogP) is 24.4. The zero-order chi connectivity index (χ0) is 92.9. The topological polar surface area (TPSA) is 345 Å². The maximum absolute atomic E-state index is 12.7. The summed E-state index contributed by atoms with van der Waals surface area (Å²) in [6, 6.07) is 27.6. The highest BCUT2D eigenvalue weighted by atomic mass is 35.5. The van der Waals surface area contributed by atoms with Gasteiger partial charge in [0.2, 0.25) is 33.7 Å². The molecule has 5 aromatic rings. The Balaban J connectivity index is 0.000000252. The van der Waals surface area contributed by atoms with Gasteiger partial charge in [-0.2, -0.15) is 0 Å². The highest BCUT2D eigenvalue weighted by molar-refractivity contribution is 7.89. The molecule has 5 saturated carbocycles. The van der Waals surface area contributed by atoms with Gasteiger partial charge in [0.05, 0.1) is 93.9 Å². The van der Waals surface area contributed by atoms with Gasteiger partial charge in [-0.1, -0.05) is 248 Å². The highest BCUT2D eigenvalue weighted by Crippen LogP contribution is 2.35. The Kier molecular flexibility index (Phi) is 52.0. The van der Waals surface area contributed by atoms with E-state index in [1.54, 1.807) is 37.4 Å². The van der Waals surface area contributed by atoms with Crippen LogP contribution < -0.4 is 41.2 Å². The Morgan fingerprint density at radius 2 is 0.750 bits per heavy atom. The molecule has 0 aromatic heterocycles. The van der Waals surface area contributed by atoms with E-state index in [9.17, 15) is 61.2 Å². The average molecular weight is 1830 g/mol. The zero-order valence-electron chi connectivity index (χ0n) is 77.2. The minimum absolute atomic E-state index is 0.0336. The van der Waals surface area contributed by atoms with Crippen molar-refractivity contribution in [3.05, 3.63) is 129 Å². The standard InChI is InChI=1S/C25H36ClNO4.C25H40N2O5S.C25H39NO3.C14H17NO3.C13H14ClNO2/c1-2-3-4-5-6-7-8-9-10-11-17-31-25(30)19-15-16-21(26)22(18-19)27-24(29)20-13-12-14-23(20)28;1-2-3-4-5-6-7-8-9-10-13-18-32-24-17-16-20(33(26,30)31)19-22(24)27-25(29)21-14-11-12-15-23(21)28;1-2-3-4-5-6-7-8-9-10-11-19-29-25(28)26-23-17-15-21(16-18-23)20-22-13-12-14-24(22)27;1-9-6-7-13(18-2)11(8-9)15-14(17)10-4-3-5-12(10)16;1-8-5-6-10(14)11(7-8)15-13(17)9-3-2-4-12(9)16/h15-16,18,20H,2-14,17H2,1H3,(H,27,29);16-17,19,21H,2-15,18H2,1H3,(H,27,29)(H2,26,30,31);15-18,22H,2-14,19-20H2,1H3,(H,26,28);6-8,10H,3-5H2,1-2H3,(H,15,17);5-7,9H,2-4H2,1H3,(H,15,17). The lowest BCUT2D eigenvalue weighted by molar-refractivity contribution is -0.133. The number of primary sulfonamides is 1. The number of rotatable bonds is 48. The van der Waals surface area contributed by atoms with Gasteiger partial charge < -0.3 is 40.2 Å². The van der Waals surface area contributed by atoms with Crippen molar-refractivity contribution in [3.63, 3.8) is 0 Å². The second kappa shape index (κ2) is 61.7. The van der Waals surface area contributed by atoms with E-state index < -0.39 is 45.6 Å². The fourth-order valence-corrected chi connectivity index (χ4v) is 17.2. The number of esters is 1. The number of nitrogens with one attached hydrogen (secondary N) is 5.